The second-order valence-electron chi connectivity index (χ2n) is 13.9. The van der Waals surface area contributed by atoms with Gasteiger partial charge in [-0.05, 0) is 68.2 Å². The number of halogens is 3. The zero-order valence-corrected chi connectivity index (χ0v) is 25.9. The molecule has 47 heavy (non-hydrogen) atoms. The van der Waals surface area contributed by atoms with Crippen LogP contribution in [0.5, 0.6) is 6.01 Å². The number of rotatable bonds is 3. The Bertz CT molecular complexity index is 1920. The van der Waals surface area contributed by atoms with Crippen molar-refractivity contribution in [3.8, 4) is 17.3 Å². The summed E-state index contributed by atoms with van der Waals surface area (Å²) in [5.74, 6) is -0.0486. The molecule has 0 spiro atoms. The van der Waals surface area contributed by atoms with Gasteiger partial charge in [0.15, 0.2) is 5.82 Å². The number of alkyl carbamates (subject to hydrolysis) is 1. The number of carbonyl (C=O) groups excluding carboxylic acids is 1. The van der Waals surface area contributed by atoms with Crippen molar-refractivity contribution in [2.75, 3.05) is 44.3 Å². The molecule has 6 bridgehead atoms. The highest BCUT2D eigenvalue weighted by atomic mass is 19.1. The average Bonchev–Trinajstić information content (AvgIpc) is 3.35. The summed E-state index contributed by atoms with van der Waals surface area (Å²) in [6.45, 7) is 3.49. The highest BCUT2D eigenvalue weighted by molar-refractivity contribution is 6.00. The standard InChI is InChI=1S/C33H35F3N8O3/c1-16-7-23-20(11-38-42-23)26-25(16)19-8-17(19)3-6-46-32(45)39-24-14-43(13-22(24)35)30-21-10-37-29(26)27(36)28(21)40-31(41-30)47-15-33-4-2-5-44(33)12-18(34)9-33/h7,10-11,17-19,22,24H,2-6,8-9,12-15H2,1H3,(H,38,42)(H,39,45)/t17-,18+,19?,22+,24-,33-/m0/s1. The largest absolute Gasteiger partial charge is 0.461 e. The molecule has 4 aromatic rings. The Hall–Kier alpha value is -4.20. The van der Waals surface area contributed by atoms with Crippen LogP contribution in [0.4, 0.5) is 23.8 Å². The molecule has 5 aliphatic heterocycles. The van der Waals surface area contributed by atoms with Crippen molar-refractivity contribution in [1.82, 2.24) is 35.4 Å². The summed E-state index contributed by atoms with van der Waals surface area (Å²) in [6, 6.07) is 1.09. The minimum atomic E-state index is -1.42. The molecule has 8 heterocycles. The van der Waals surface area contributed by atoms with E-state index >= 15 is 8.78 Å². The van der Waals surface area contributed by atoms with Crippen molar-refractivity contribution in [3.05, 3.63) is 35.4 Å². The van der Waals surface area contributed by atoms with Gasteiger partial charge in [-0.3, -0.25) is 15.0 Å². The molecule has 1 unspecified atom stereocenters. The molecule has 10 rings (SSSR count). The van der Waals surface area contributed by atoms with Gasteiger partial charge in [0.2, 0.25) is 0 Å². The van der Waals surface area contributed by atoms with Gasteiger partial charge in [0, 0.05) is 36.7 Å². The van der Waals surface area contributed by atoms with Gasteiger partial charge in [0.1, 0.15) is 36.0 Å². The first kappa shape index (κ1) is 29.0. The van der Waals surface area contributed by atoms with Crippen LogP contribution >= 0.6 is 0 Å². The summed E-state index contributed by atoms with van der Waals surface area (Å²) in [6.07, 6.45) is 3.75. The van der Waals surface area contributed by atoms with E-state index in [1.807, 2.05) is 13.0 Å². The highest BCUT2D eigenvalue weighted by Gasteiger charge is 2.49. The zero-order chi connectivity index (χ0) is 32.0. The lowest BCUT2D eigenvalue weighted by molar-refractivity contribution is 0.107. The molecular weight excluding hydrogens is 613 g/mol. The number of alkyl halides is 2. The Morgan fingerprint density at radius 3 is 2.96 bits per heavy atom. The number of nitrogens with one attached hydrogen (secondary N) is 2. The van der Waals surface area contributed by atoms with Crippen molar-refractivity contribution < 1.29 is 27.4 Å². The fraction of sp³-hybridized carbons (Fsp3) is 0.545. The van der Waals surface area contributed by atoms with E-state index in [0.717, 1.165) is 47.8 Å². The monoisotopic (exact) mass is 648 g/mol. The van der Waals surface area contributed by atoms with E-state index < -0.39 is 35.8 Å². The van der Waals surface area contributed by atoms with Crippen molar-refractivity contribution in [3.63, 3.8) is 0 Å². The van der Waals surface area contributed by atoms with Crippen LogP contribution in [0.3, 0.4) is 0 Å². The van der Waals surface area contributed by atoms with Crippen LogP contribution in [0, 0.1) is 18.7 Å². The van der Waals surface area contributed by atoms with E-state index in [-0.39, 0.29) is 61.2 Å². The van der Waals surface area contributed by atoms with Gasteiger partial charge in [0.05, 0.1) is 41.8 Å². The molecule has 4 fully saturated rings. The van der Waals surface area contributed by atoms with E-state index in [1.54, 1.807) is 11.1 Å². The van der Waals surface area contributed by atoms with Crippen LogP contribution in [0.25, 0.3) is 33.1 Å². The minimum absolute atomic E-state index is 0.00226. The number of fused-ring (bicyclic) bond motifs is 7. The number of hydrogen-bond acceptors (Lipinski definition) is 9. The minimum Gasteiger partial charge on any atom is -0.461 e. The average molecular weight is 649 g/mol. The molecule has 1 saturated carbocycles. The number of ether oxygens (including phenoxy) is 2. The van der Waals surface area contributed by atoms with Gasteiger partial charge < -0.3 is 19.7 Å². The second kappa shape index (κ2) is 10.7. The number of aromatic amines is 1. The molecule has 11 nitrogen and oxygen atoms in total. The first-order valence-electron chi connectivity index (χ1n) is 16.5. The fourth-order valence-corrected chi connectivity index (χ4v) is 8.61. The first-order chi connectivity index (χ1) is 22.8. The Morgan fingerprint density at radius 2 is 2.06 bits per heavy atom. The maximum atomic E-state index is 17.1. The number of aryl methyl sites for hydroxylation is 1. The number of pyridine rings is 1. The van der Waals surface area contributed by atoms with Crippen molar-refractivity contribution in [2.45, 2.75) is 68.9 Å². The topological polar surface area (TPSA) is 121 Å². The van der Waals surface area contributed by atoms with E-state index in [9.17, 15) is 9.18 Å². The quantitative estimate of drug-likeness (QED) is 0.325. The maximum absolute atomic E-state index is 17.1. The predicted octanol–water partition coefficient (Wildman–Crippen LogP) is 4.73. The van der Waals surface area contributed by atoms with Crippen molar-refractivity contribution >= 4 is 33.7 Å². The summed E-state index contributed by atoms with van der Waals surface area (Å²) in [5.41, 5.74) is 3.05. The van der Waals surface area contributed by atoms with Crippen molar-refractivity contribution in [2.24, 2.45) is 5.92 Å². The number of carbonyl (C=O) groups is 1. The number of benzene rings is 1. The molecular formula is C33H35F3N8O3. The first-order valence-corrected chi connectivity index (χ1v) is 16.5. The Labute approximate surface area is 268 Å². The molecule has 6 atom stereocenters. The SMILES string of the molecule is Cc1cc2[nH]ncc2c2c1C1C[C@@H]1CCOC(=O)N[C@H]1CN(C[C@H]1F)c1nc(OC[C@@]34CCCN3C[C@H](F)C4)nc3c(F)c-2ncc13. The Balaban J connectivity index is 1.21. The molecule has 3 aromatic heterocycles. The highest BCUT2D eigenvalue weighted by Crippen LogP contribution is 2.54. The van der Waals surface area contributed by atoms with Crippen LogP contribution in [-0.4, -0.2) is 99.5 Å². The maximum Gasteiger partial charge on any atom is 0.407 e. The van der Waals surface area contributed by atoms with Gasteiger partial charge in [-0.25, -0.2) is 18.0 Å². The van der Waals surface area contributed by atoms with E-state index in [1.165, 1.54) is 6.20 Å². The van der Waals surface area contributed by atoms with Crippen molar-refractivity contribution in [1.29, 1.82) is 0 Å². The third kappa shape index (κ3) is 4.69. The smallest absolute Gasteiger partial charge is 0.407 e. The van der Waals surface area contributed by atoms with Gasteiger partial charge in [-0.1, -0.05) is 0 Å². The lowest BCUT2D eigenvalue weighted by atomic mass is 9.91. The molecule has 246 valence electrons. The van der Waals surface area contributed by atoms with Crippen LogP contribution in [-0.2, 0) is 4.74 Å². The summed E-state index contributed by atoms with van der Waals surface area (Å²) in [4.78, 5) is 30.4. The van der Waals surface area contributed by atoms with E-state index in [0.29, 0.717) is 30.3 Å². The summed E-state index contributed by atoms with van der Waals surface area (Å²) in [5, 5.41) is 11.0. The van der Waals surface area contributed by atoms with Gasteiger partial charge in [-0.15, -0.1) is 0 Å². The molecule has 1 aliphatic carbocycles. The van der Waals surface area contributed by atoms with E-state index in [4.69, 9.17) is 14.5 Å². The van der Waals surface area contributed by atoms with Gasteiger partial charge in [0.25, 0.3) is 0 Å². The molecule has 2 N–H and O–H groups in total. The molecule has 3 saturated heterocycles. The fourth-order valence-electron chi connectivity index (χ4n) is 8.61. The molecule has 6 aliphatic rings. The normalized spacial score (nSPS) is 30.3. The van der Waals surface area contributed by atoms with Gasteiger partial charge in [-0.2, -0.15) is 15.1 Å². The second-order valence-corrected chi connectivity index (χ2v) is 13.9. The number of aromatic nitrogens is 5. The van der Waals surface area contributed by atoms with Gasteiger partial charge >= 0.3 is 12.1 Å². The van der Waals surface area contributed by atoms with Crippen LogP contribution < -0.4 is 15.0 Å². The Morgan fingerprint density at radius 1 is 1.17 bits per heavy atom. The molecule has 1 amide bonds. The molecule has 0 radical (unpaired) electrons. The molecule has 14 heteroatoms. The number of anilines is 1. The number of nitrogens with zero attached hydrogens (tertiary/aromatic N) is 6. The predicted molar refractivity (Wildman–Crippen MR) is 167 cm³/mol. The number of H-pyrrole nitrogens is 1. The lowest BCUT2D eigenvalue weighted by Gasteiger charge is -2.31. The van der Waals surface area contributed by atoms with Crippen LogP contribution in [0.2, 0.25) is 0 Å². The third-order valence-electron chi connectivity index (χ3n) is 11.0. The number of hydrogen-bond donors (Lipinski definition) is 2. The third-order valence-corrected chi connectivity index (χ3v) is 11.0. The summed E-state index contributed by atoms with van der Waals surface area (Å²) >= 11 is 0. The summed E-state index contributed by atoms with van der Waals surface area (Å²) < 4.78 is 58.7. The van der Waals surface area contributed by atoms with E-state index in [2.05, 4.69) is 30.4 Å². The molecule has 1 aromatic carbocycles. The summed E-state index contributed by atoms with van der Waals surface area (Å²) in [7, 11) is 0. The van der Waals surface area contributed by atoms with Crippen LogP contribution in [0.15, 0.2) is 18.5 Å². The zero-order valence-electron chi connectivity index (χ0n) is 25.9. The van der Waals surface area contributed by atoms with Crippen LogP contribution in [0.1, 0.15) is 49.1 Å². The lowest BCUT2D eigenvalue weighted by Crippen LogP contribution is -2.43. The Kier molecular flexibility index (Phi) is 6.57. The number of amides is 1.